The van der Waals surface area contributed by atoms with Gasteiger partial charge in [-0.3, -0.25) is 14.0 Å². The molecule has 0 unspecified atom stereocenters. The van der Waals surface area contributed by atoms with Gasteiger partial charge >= 0.3 is 0 Å². The van der Waals surface area contributed by atoms with Gasteiger partial charge in [-0.1, -0.05) is 0 Å². The van der Waals surface area contributed by atoms with E-state index in [0.29, 0.717) is 17.3 Å². The summed E-state index contributed by atoms with van der Waals surface area (Å²) in [5.41, 5.74) is 1.04. The van der Waals surface area contributed by atoms with Crippen LogP contribution in [-0.2, 0) is 11.3 Å². The topological polar surface area (TPSA) is 106 Å². The highest BCUT2D eigenvalue weighted by Crippen LogP contribution is 2.25. The number of carbonyl (C=O) groups excluding carboxylic acids is 1. The van der Waals surface area contributed by atoms with Gasteiger partial charge in [0.25, 0.3) is 5.56 Å². The highest BCUT2D eigenvalue weighted by atomic mass is 32.1. The molecule has 4 aromatic rings. The Balaban J connectivity index is 1.73. The van der Waals surface area contributed by atoms with Gasteiger partial charge in [0.05, 0.1) is 10.2 Å². The zero-order chi connectivity index (χ0) is 17.4. The predicted octanol–water partition coefficient (Wildman–Crippen LogP) is 1.18. The molecule has 0 aliphatic heterocycles. The summed E-state index contributed by atoms with van der Waals surface area (Å²) in [6.07, 6.45) is 2.85. The van der Waals surface area contributed by atoms with E-state index in [0.717, 1.165) is 14.9 Å². The molecule has 0 spiro atoms. The van der Waals surface area contributed by atoms with Gasteiger partial charge in [-0.15, -0.1) is 16.4 Å². The van der Waals surface area contributed by atoms with Gasteiger partial charge in [0.2, 0.25) is 11.9 Å². The molecular weight excluding hydrogens is 342 g/mol. The fourth-order valence-electron chi connectivity index (χ4n) is 2.60. The third-order valence-corrected chi connectivity index (χ3v) is 4.52. The number of hydrogen-bond acceptors (Lipinski definition) is 7. The lowest BCUT2D eigenvalue weighted by Crippen LogP contribution is -2.31. The summed E-state index contributed by atoms with van der Waals surface area (Å²) in [5, 5.41) is 11.8. The molecule has 10 heteroatoms. The Morgan fingerprint density at radius 3 is 2.96 bits per heavy atom. The van der Waals surface area contributed by atoms with Crippen molar-refractivity contribution in [1.82, 2.24) is 24.1 Å². The number of nitrogens with zero attached hydrogens (tertiary/aromatic N) is 5. The molecule has 9 nitrogen and oxygen atoms in total. The Morgan fingerprint density at radius 1 is 1.32 bits per heavy atom. The molecular formula is C15H13N7O2S. The number of anilines is 2. The highest BCUT2D eigenvalue weighted by Gasteiger charge is 2.16. The van der Waals surface area contributed by atoms with Crippen molar-refractivity contribution in [2.75, 3.05) is 17.7 Å². The molecule has 0 radical (unpaired) electrons. The van der Waals surface area contributed by atoms with Crippen molar-refractivity contribution in [3.05, 3.63) is 46.5 Å². The zero-order valence-electron chi connectivity index (χ0n) is 13.1. The summed E-state index contributed by atoms with van der Waals surface area (Å²) in [6.45, 7) is -0.215. The quantitative estimate of drug-likeness (QED) is 0.569. The first kappa shape index (κ1) is 15.3. The van der Waals surface area contributed by atoms with Crippen LogP contribution >= 0.6 is 11.3 Å². The molecule has 0 saturated carbocycles. The maximum atomic E-state index is 12.7. The molecule has 1 amide bonds. The number of hydrogen-bond donors (Lipinski definition) is 2. The molecule has 4 heterocycles. The molecule has 0 bridgehead atoms. The van der Waals surface area contributed by atoms with Crippen LogP contribution in [0.5, 0.6) is 0 Å². The second-order valence-electron chi connectivity index (χ2n) is 5.21. The predicted molar refractivity (Wildman–Crippen MR) is 95.0 cm³/mol. The second-order valence-corrected chi connectivity index (χ2v) is 6.16. The molecule has 2 N–H and O–H groups in total. The SMILES string of the molecule is CNc1nn(CC(=O)Nc2ccncn2)c(=O)c2cc3sccc3n12. The standard InChI is InChI=1S/C15H13N7O2S/c1-16-15-20-21(7-13(23)19-12-2-4-17-8-18-12)14(24)10-6-11-9(22(10)15)3-5-25-11/h2-6,8H,7H2,1H3,(H,16,20)(H,17,18,19,23). The van der Waals surface area contributed by atoms with E-state index in [2.05, 4.69) is 25.7 Å². The molecule has 0 aromatic carbocycles. The summed E-state index contributed by atoms with van der Waals surface area (Å²) in [4.78, 5) is 32.6. The van der Waals surface area contributed by atoms with Crippen LogP contribution in [-0.4, -0.2) is 37.1 Å². The molecule has 4 rings (SSSR count). The molecule has 0 saturated heterocycles. The van der Waals surface area contributed by atoms with E-state index in [9.17, 15) is 9.59 Å². The molecule has 25 heavy (non-hydrogen) atoms. The number of rotatable bonds is 4. The van der Waals surface area contributed by atoms with Crippen molar-refractivity contribution in [2.45, 2.75) is 6.54 Å². The number of nitrogens with one attached hydrogen (secondary N) is 2. The van der Waals surface area contributed by atoms with Gasteiger partial charge < -0.3 is 10.6 Å². The zero-order valence-corrected chi connectivity index (χ0v) is 13.9. The Bertz CT molecular complexity index is 1130. The monoisotopic (exact) mass is 355 g/mol. The number of carbonyl (C=O) groups is 1. The van der Waals surface area contributed by atoms with Crippen LogP contribution in [0, 0.1) is 0 Å². The average molecular weight is 355 g/mol. The summed E-state index contributed by atoms with van der Waals surface area (Å²) < 4.78 is 3.88. The van der Waals surface area contributed by atoms with Gasteiger partial charge in [-0.2, -0.15) is 0 Å². The maximum Gasteiger partial charge on any atom is 0.291 e. The van der Waals surface area contributed by atoms with E-state index in [1.165, 1.54) is 12.5 Å². The van der Waals surface area contributed by atoms with Crippen molar-refractivity contribution < 1.29 is 4.79 Å². The van der Waals surface area contributed by atoms with Gasteiger partial charge in [0, 0.05) is 13.2 Å². The number of aromatic nitrogens is 5. The lowest BCUT2D eigenvalue weighted by atomic mass is 10.5. The van der Waals surface area contributed by atoms with Crippen LogP contribution in [0.25, 0.3) is 15.7 Å². The first-order valence-corrected chi connectivity index (χ1v) is 8.29. The van der Waals surface area contributed by atoms with Crippen molar-refractivity contribution >= 4 is 44.7 Å². The normalized spacial score (nSPS) is 11.1. The summed E-state index contributed by atoms with van der Waals surface area (Å²) in [7, 11) is 1.72. The van der Waals surface area contributed by atoms with E-state index in [1.54, 1.807) is 28.9 Å². The molecule has 0 aliphatic rings. The first-order valence-electron chi connectivity index (χ1n) is 7.41. The molecule has 0 atom stereocenters. The van der Waals surface area contributed by atoms with Crippen molar-refractivity contribution in [3.63, 3.8) is 0 Å². The Labute approximate surface area is 145 Å². The fraction of sp³-hybridized carbons (Fsp3) is 0.133. The smallest absolute Gasteiger partial charge is 0.291 e. The highest BCUT2D eigenvalue weighted by molar-refractivity contribution is 7.17. The van der Waals surface area contributed by atoms with Crippen LogP contribution in [0.2, 0.25) is 0 Å². The number of amides is 1. The molecule has 126 valence electrons. The Kier molecular flexibility index (Phi) is 3.65. The number of thiophene rings is 1. The van der Waals surface area contributed by atoms with Crippen LogP contribution < -0.4 is 16.2 Å². The van der Waals surface area contributed by atoms with Crippen LogP contribution in [0.15, 0.2) is 40.9 Å². The van der Waals surface area contributed by atoms with Gasteiger partial charge in [0.1, 0.15) is 24.2 Å². The van der Waals surface area contributed by atoms with Gasteiger partial charge in [-0.05, 0) is 23.6 Å². The fourth-order valence-corrected chi connectivity index (χ4v) is 3.40. The third-order valence-electron chi connectivity index (χ3n) is 3.67. The van der Waals surface area contributed by atoms with Crippen LogP contribution in [0.3, 0.4) is 0 Å². The maximum absolute atomic E-state index is 12.7. The van der Waals surface area contributed by atoms with E-state index in [4.69, 9.17) is 0 Å². The van der Waals surface area contributed by atoms with Crippen LogP contribution in [0.1, 0.15) is 0 Å². The second kappa shape index (κ2) is 5.98. The number of fused-ring (bicyclic) bond motifs is 3. The Hall–Kier alpha value is -3.27. The van der Waals surface area contributed by atoms with Crippen LogP contribution in [0.4, 0.5) is 11.8 Å². The molecule has 0 fully saturated rings. The first-order chi connectivity index (χ1) is 12.2. The van der Waals surface area contributed by atoms with Gasteiger partial charge in [0.15, 0.2) is 0 Å². The van der Waals surface area contributed by atoms with E-state index in [1.807, 2.05) is 17.5 Å². The van der Waals surface area contributed by atoms with Gasteiger partial charge in [-0.25, -0.2) is 14.6 Å². The Morgan fingerprint density at radius 2 is 2.20 bits per heavy atom. The minimum absolute atomic E-state index is 0.215. The van der Waals surface area contributed by atoms with E-state index >= 15 is 0 Å². The van der Waals surface area contributed by atoms with Crippen molar-refractivity contribution in [2.24, 2.45) is 0 Å². The minimum Gasteiger partial charge on any atom is -0.357 e. The summed E-state index contributed by atoms with van der Waals surface area (Å²) in [5.74, 6) is 0.456. The van der Waals surface area contributed by atoms with Crippen molar-refractivity contribution in [1.29, 1.82) is 0 Å². The van der Waals surface area contributed by atoms with E-state index < -0.39 is 5.91 Å². The average Bonchev–Trinajstić information content (AvgIpc) is 3.20. The summed E-state index contributed by atoms with van der Waals surface area (Å²) in [6, 6.07) is 5.31. The molecule has 0 aliphatic carbocycles. The minimum atomic E-state index is -0.395. The van der Waals surface area contributed by atoms with E-state index in [-0.39, 0.29) is 12.1 Å². The summed E-state index contributed by atoms with van der Waals surface area (Å²) >= 11 is 1.54. The molecule has 4 aromatic heterocycles. The largest absolute Gasteiger partial charge is 0.357 e. The van der Waals surface area contributed by atoms with Crippen molar-refractivity contribution in [3.8, 4) is 0 Å². The lowest BCUT2D eigenvalue weighted by molar-refractivity contribution is -0.117. The lowest BCUT2D eigenvalue weighted by Gasteiger charge is -2.10. The third kappa shape index (κ3) is 2.62.